The van der Waals surface area contributed by atoms with E-state index >= 15 is 0 Å². The van der Waals surface area contributed by atoms with E-state index in [-0.39, 0.29) is 6.04 Å². The van der Waals surface area contributed by atoms with Crippen LogP contribution in [-0.2, 0) is 0 Å². The highest BCUT2D eigenvalue weighted by molar-refractivity contribution is 5.44. The Kier molecular flexibility index (Phi) is 3.54. The standard InChI is InChI=1S/C13H20N2O2/c1-16-11-4-3-8(7-12(11)17-2)13(15)9-5-10(14)6-9/h3-4,7,9-10,13H,5-6,14-15H2,1-2H3. The minimum Gasteiger partial charge on any atom is -0.493 e. The van der Waals surface area contributed by atoms with Crippen molar-refractivity contribution in [3.05, 3.63) is 23.8 Å². The van der Waals surface area contributed by atoms with E-state index in [1.165, 1.54) is 0 Å². The topological polar surface area (TPSA) is 70.5 Å². The molecule has 0 saturated heterocycles. The Bertz CT molecular complexity index is 389. The molecular formula is C13H20N2O2. The Balaban J connectivity index is 2.15. The highest BCUT2D eigenvalue weighted by Gasteiger charge is 2.31. The van der Waals surface area contributed by atoms with Gasteiger partial charge in [0, 0.05) is 12.1 Å². The zero-order valence-electron chi connectivity index (χ0n) is 10.3. The molecule has 0 bridgehead atoms. The van der Waals surface area contributed by atoms with Gasteiger partial charge >= 0.3 is 0 Å². The summed E-state index contributed by atoms with van der Waals surface area (Å²) in [5.41, 5.74) is 13.1. The number of methoxy groups -OCH3 is 2. The van der Waals surface area contributed by atoms with Crippen molar-refractivity contribution in [3.63, 3.8) is 0 Å². The molecule has 4 nitrogen and oxygen atoms in total. The number of hydrogen-bond acceptors (Lipinski definition) is 4. The summed E-state index contributed by atoms with van der Waals surface area (Å²) in [6.07, 6.45) is 2.02. The lowest BCUT2D eigenvalue weighted by atomic mass is 9.74. The summed E-state index contributed by atoms with van der Waals surface area (Å²) < 4.78 is 10.5. The third kappa shape index (κ3) is 2.37. The molecule has 0 aliphatic heterocycles. The predicted molar refractivity (Wildman–Crippen MR) is 67.2 cm³/mol. The highest BCUT2D eigenvalue weighted by Crippen LogP contribution is 2.38. The van der Waals surface area contributed by atoms with Gasteiger partial charge in [-0.2, -0.15) is 0 Å². The summed E-state index contributed by atoms with van der Waals surface area (Å²) in [5.74, 6) is 1.95. The summed E-state index contributed by atoms with van der Waals surface area (Å²) in [7, 11) is 3.26. The fourth-order valence-electron chi connectivity index (χ4n) is 2.33. The van der Waals surface area contributed by atoms with E-state index in [1.807, 2.05) is 18.2 Å². The molecule has 1 aliphatic rings. The number of hydrogen-bond donors (Lipinski definition) is 2. The second kappa shape index (κ2) is 4.94. The van der Waals surface area contributed by atoms with Gasteiger partial charge in [-0.15, -0.1) is 0 Å². The van der Waals surface area contributed by atoms with Crippen LogP contribution in [-0.4, -0.2) is 20.3 Å². The number of ether oxygens (including phenoxy) is 2. The molecule has 0 amide bonds. The first-order valence-corrected chi connectivity index (χ1v) is 5.88. The zero-order valence-corrected chi connectivity index (χ0v) is 10.3. The molecule has 4 heteroatoms. The number of benzene rings is 1. The average molecular weight is 236 g/mol. The van der Waals surface area contributed by atoms with Crippen molar-refractivity contribution in [1.82, 2.24) is 0 Å². The van der Waals surface area contributed by atoms with Gasteiger partial charge in [0.05, 0.1) is 14.2 Å². The zero-order chi connectivity index (χ0) is 12.4. The molecule has 1 unspecified atom stereocenters. The van der Waals surface area contributed by atoms with E-state index in [0.717, 1.165) is 29.9 Å². The van der Waals surface area contributed by atoms with Gasteiger partial charge in [0.1, 0.15) is 0 Å². The summed E-state index contributed by atoms with van der Waals surface area (Å²) >= 11 is 0. The minimum absolute atomic E-state index is 0.0367. The second-order valence-corrected chi connectivity index (χ2v) is 4.63. The molecule has 1 fully saturated rings. The monoisotopic (exact) mass is 236 g/mol. The third-order valence-electron chi connectivity index (χ3n) is 3.51. The first-order chi connectivity index (χ1) is 8.15. The molecular weight excluding hydrogens is 216 g/mol. The Labute approximate surface area is 102 Å². The Hall–Kier alpha value is -1.26. The van der Waals surface area contributed by atoms with Crippen LogP contribution in [0.25, 0.3) is 0 Å². The minimum atomic E-state index is 0.0367. The molecule has 0 heterocycles. The molecule has 0 aromatic heterocycles. The van der Waals surface area contributed by atoms with Crippen LogP contribution in [0.5, 0.6) is 11.5 Å². The SMILES string of the molecule is COc1ccc(C(N)C2CC(N)C2)cc1OC. The molecule has 17 heavy (non-hydrogen) atoms. The van der Waals surface area contributed by atoms with E-state index in [1.54, 1.807) is 14.2 Å². The van der Waals surface area contributed by atoms with Crippen LogP contribution in [0.1, 0.15) is 24.4 Å². The lowest BCUT2D eigenvalue weighted by molar-refractivity contribution is 0.223. The summed E-state index contributed by atoms with van der Waals surface area (Å²) in [5, 5.41) is 0. The maximum atomic E-state index is 6.23. The van der Waals surface area contributed by atoms with E-state index in [9.17, 15) is 0 Å². The highest BCUT2D eigenvalue weighted by atomic mass is 16.5. The Morgan fingerprint density at radius 3 is 2.35 bits per heavy atom. The van der Waals surface area contributed by atoms with Crippen molar-refractivity contribution in [2.24, 2.45) is 17.4 Å². The van der Waals surface area contributed by atoms with Crippen molar-refractivity contribution in [2.75, 3.05) is 14.2 Å². The van der Waals surface area contributed by atoms with Crippen LogP contribution in [0.15, 0.2) is 18.2 Å². The molecule has 1 aromatic rings. The average Bonchev–Trinajstić information content (AvgIpc) is 2.33. The van der Waals surface area contributed by atoms with Crippen molar-refractivity contribution < 1.29 is 9.47 Å². The summed E-state index contributed by atoms with van der Waals surface area (Å²) in [4.78, 5) is 0. The van der Waals surface area contributed by atoms with Crippen LogP contribution in [0.2, 0.25) is 0 Å². The molecule has 2 rings (SSSR count). The summed E-state index contributed by atoms with van der Waals surface area (Å²) in [6.45, 7) is 0. The lowest BCUT2D eigenvalue weighted by Crippen LogP contribution is -2.41. The Morgan fingerprint density at radius 2 is 1.82 bits per heavy atom. The van der Waals surface area contributed by atoms with E-state index in [4.69, 9.17) is 20.9 Å². The third-order valence-corrected chi connectivity index (χ3v) is 3.51. The lowest BCUT2D eigenvalue weighted by Gasteiger charge is -2.37. The van der Waals surface area contributed by atoms with Gasteiger partial charge < -0.3 is 20.9 Å². The molecule has 94 valence electrons. The van der Waals surface area contributed by atoms with Crippen LogP contribution in [0.4, 0.5) is 0 Å². The molecule has 1 atom stereocenters. The Morgan fingerprint density at radius 1 is 1.18 bits per heavy atom. The van der Waals surface area contributed by atoms with Crippen molar-refractivity contribution in [3.8, 4) is 11.5 Å². The maximum absolute atomic E-state index is 6.23. The van der Waals surface area contributed by atoms with Gasteiger partial charge in [-0.1, -0.05) is 6.07 Å². The van der Waals surface area contributed by atoms with E-state index < -0.39 is 0 Å². The molecule has 1 aliphatic carbocycles. The fraction of sp³-hybridized carbons (Fsp3) is 0.538. The van der Waals surface area contributed by atoms with Crippen LogP contribution >= 0.6 is 0 Å². The molecule has 1 aromatic carbocycles. The van der Waals surface area contributed by atoms with Crippen LogP contribution < -0.4 is 20.9 Å². The van der Waals surface area contributed by atoms with Crippen molar-refractivity contribution in [2.45, 2.75) is 24.9 Å². The maximum Gasteiger partial charge on any atom is 0.161 e. The summed E-state index contributed by atoms with van der Waals surface area (Å²) in [6, 6.07) is 6.20. The molecule has 0 spiro atoms. The normalized spacial score (nSPS) is 24.9. The fourth-order valence-corrected chi connectivity index (χ4v) is 2.33. The van der Waals surface area contributed by atoms with Gasteiger partial charge in [0.2, 0.25) is 0 Å². The smallest absolute Gasteiger partial charge is 0.161 e. The largest absolute Gasteiger partial charge is 0.493 e. The first kappa shape index (κ1) is 12.2. The molecule has 4 N–H and O–H groups in total. The predicted octanol–water partition coefficient (Wildman–Crippen LogP) is 1.44. The van der Waals surface area contributed by atoms with Crippen molar-refractivity contribution >= 4 is 0 Å². The van der Waals surface area contributed by atoms with Gasteiger partial charge in [0.25, 0.3) is 0 Å². The van der Waals surface area contributed by atoms with Crippen LogP contribution in [0, 0.1) is 5.92 Å². The van der Waals surface area contributed by atoms with Crippen molar-refractivity contribution in [1.29, 1.82) is 0 Å². The van der Waals surface area contributed by atoms with Gasteiger partial charge in [-0.3, -0.25) is 0 Å². The van der Waals surface area contributed by atoms with Gasteiger partial charge in [-0.25, -0.2) is 0 Å². The number of nitrogens with two attached hydrogens (primary N) is 2. The van der Waals surface area contributed by atoms with Gasteiger partial charge in [-0.05, 0) is 36.5 Å². The van der Waals surface area contributed by atoms with Crippen LogP contribution in [0.3, 0.4) is 0 Å². The van der Waals surface area contributed by atoms with Gasteiger partial charge in [0.15, 0.2) is 11.5 Å². The quantitative estimate of drug-likeness (QED) is 0.830. The van der Waals surface area contributed by atoms with E-state index in [2.05, 4.69) is 0 Å². The number of rotatable bonds is 4. The van der Waals surface area contributed by atoms with E-state index in [0.29, 0.717) is 12.0 Å². The molecule has 1 saturated carbocycles. The second-order valence-electron chi connectivity index (χ2n) is 4.63. The first-order valence-electron chi connectivity index (χ1n) is 5.88. The molecule has 0 radical (unpaired) electrons.